The normalized spacial score (nSPS) is 16.9. The van der Waals surface area contributed by atoms with Gasteiger partial charge in [0.15, 0.2) is 5.82 Å². The molecule has 110 valence electrons. The summed E-state index contributed by atoms with van der Waals surface area (Å²) in [5.41, 5.74) is 2.37. The summed E-state index contributed by atoms with van der Waals surface area (Å²) in [6, 6.07) is 5.86. The van der Waals surface area contributed by atoms with Gasteiger partial charge in [-0.05, 0) is 38.8 Å². The predicted molar refractivity (Wildman–Crippen MR) is 77.8 cm³/mol. The van der Waals surface area contributed by atoms with Gasteiger partial charge in [0.25, 0.3) is 5.91 Å². The predicted octanol–water partition coefficient (Wildman–Crippen LogP) is 2.89. The van der Waals surface area contributed by atoms with Crippen molar-refractivity contribution in [1.82, 2.24) is 15.5 Å². The smallest absolute Gasteiger partial charge is 0.252 e. The van der Waals surface area contributed by atoms with Gasteiger partial charge in [0.2, 0.25) is 6.39 Å². The Bertz CT molecular complexity index is 623. The Balaban J connectivity index is 1.88. The lowest BCUT2D eigenvalue weighted by Crippen LogP contribution is -2.44. The molecule has 0 unspecified atom stereocenters. The molecule has 1 aliphatic rings. The van der Waals surface area contributed by atoms with Crippen molar-refractivity contribution in [2.75, 3.05) is 0 Å². The summed E-state index contributed by atoms with van der Waals surface area (Å²) in [6.45, 7) is 3.99. The van der Waals surface area contributed by atoms with Crippen LogP contribution in [0.25, 0.3) is 0 Å². The third kappa shape index (κ3) is 2.68. The molecule has 1 aromatic carbocycles. The molecule has 1 aromatic heterocycles. The number of carbonyl (C=O) groups is 1. The zero-order valence-electron chi connectivity index (χ0n) is 12.3. The number of nitrogens with zero attached hydrogens (tertiary/aromatic N) is 2. The first-order valence-corrected chi connectivity index (χ1v) is 7.27. The second-order valence-corrected chi connectivity index (χ2v) is 5.87. The van der Waals surface area contributed by atoms with Crippen LogP contribution in [-0.4, -0.2) is 16.0 Å². The highest BCUT2D eigenvalue weighted by atomic mass is 16.5. The zero-order valence-corrected chi connectivity index (χ0v) is 12.3. The fourth-order valence-electron chi connectivity index (χ4n) is 3.16. The maximum Gasteiger partial charge on any atom is 0.252 e. The Hall–Kier alpha value is -2.17. The quantitative estimate of drug-likeness (QED) is 0.941. The van der Waals surface area contributed by atoms with Crippen molar-refractivity contribution < 1.29 is 9.32 Å². The fourth-order valence-corrected chi connectivity index (χ4v) is 3.16. The van der Waals surface area contributed by atoms with Gasteiger partial charge in [-0.15, -0.1) is 0 Å². The summed E-state index contributed by atoms with van der Waals surface area (Å²) >= 11 is 0. The zero-order chi connectivity index (χ0) is 14.9. The number of aryl methyl sites for hydroxylation is 2. The van der Waals surface area contributed by atoms with Crippen molar-refractivity contribution in [3.05, 3.63) is 47.1 Å². The first kappa shape index (κ1) is 13.8. The van der Waals surface area contributed by atoms with Crippen molar-refractivity contribution in [2.24, 2.45) is 0 Å². The van der Waals surface area contributed by atoms with E-state index in [0.29, 0.717) is 11.4 Å². The monoisotopic (exact) mass is 285 g/mol. The third-order valence-electron chi connectivity index (χ3n) is 4.08. The minimum absolute atomic E-state index is 0.0755. The molecular weight excluding hydrogens is 266 g/mol. The van der Waals surface area contributed by atoms with Gasteiger partial charge < -0.3 is 9.84 Å². The molecule has 2 aromatic rings. The van der Waals surface area contributed by atoms with Crippen LogP contribution in [-0.2, 0) is 5.54 Å². The topological polar surface area (TPSA) is 68.0 Å². The number of rotatable bonds is 3. The van der Waals surface area contributed by atoms with Crippen molar-refractivity contribution in [3.63, 3.8) is 0 Å². The molecule has 21 heavy (non-hydrogen) atoms. The Kier molecular flexibility index (Phi) is 3.49. The van der Waals surface area contributed by atoms with Crippen LogP contribution in [0.2, 0.25) is 0 Å². The second-order valence-electron chi connectivity index (χ2n) is 5.87. The molecule has 0 bridgehead atoms. The number of benzene rings is 1. The maximum atomic E-state index is 12.6. The van der Waals surface area contributed by atoms with E-state index in [1.54, 1.807) is 0 Å². The molecular formula is C16H19N3O2. The number of carbonyl (C=O) groups excluding carboxylic acids is 1. The lowest BCUT2D eigenvalue weighted by atomic mass is 9.95. The van der Waals surface area contributed by atoms with Crippen LogP contribution in [0.15, 0.2) is 29.1 Å². The summed E-state index contributed by atoms with van der Waals surface area (Å²) < 4.78 is 4.87. The van der Waals surface area contributed by atoms with E-state index in [2.05, 4.69) is 21.5 Å². The molecule has 0 radical (unpaired) electrons. The van der Waals surface area contributed by atoms with Crippen LogP contribution >= 0.6 is 0 Å². The molecule has 1 N–H and O–H groups in total. The van der Waals surface area contributed by atoms with Crippen molar-refractivity contribution in [1.29, 1.82) is 0 Å². The van der Waals surface area contributed by atoms with Crippen molar-refractivity contribution in [3.8, 4) is 0 Å². The molecule has 0 spiro atoms. The van der Waals surface area contributed by atoms with Crippen LogP contribution in [0.4, 0.5) is 0 Å². The Morgan fingerprint density at radius 2 is 1.86 bits per heavy atom. The first-order valence-electron chi connectivity index (χ1n) is 7.27. The summed E-state index contributed by atoms with van der Waals surface area (Å²) in [7, 11) is 0. The van der Waals surface area contributed by atoms with E-state index in [0.717, 1.165) is 36.8 Å². The van der Waals surface area contributed by atoms with E-state index in [1.165, 1.54) is 6.39 Å². The molecule has 1 fully saturated rings. The molecule has 0 aliphatic heterocycles. The van der Waals surface area contributed by atoms with Gasteiger partial charge in [0, 0.05) is 5.56 Å². The van der Waals surface area contributed by atoms with Gasteiger partial charge in [-0.2, -0.15) is 4.98 Å². The first-order chi connectivity index (χ1) is 10.1. The van der Waals surface area contributed by atoms with E-state index in [4.69, 9.17) is 4.52 Å². The standard InChI is InChI=1S/C16H19N3O2/c1-11-7-12(2)9-13(8-11)14(20)18-16(5-3-4-6-16)15-17-10-21-19-15/h7-10H,3-6H2,1-2H3,(H,18,20). The molecule has 1 saturated carbocycles. The van der Waals surface area contributed by atoms with Crippen LogP contribution < -0.4 is 5.32 Å². The van der Waals surface area contributed by atoms with Gasteiger partial charge in [-0.25, -0.2) is 0 Å². The summed E-state index contributed by atoms with van der Waals surface area (Å²) in [5.74, 6) is 0.506. The van der Waals surface area contributed by atoms with Gasteiger partial charge >= 0.3 is 0 Å². The average Bonchev–Trinajstić information content (AvgIpc) is 3.08. The van der Waals surface area contributed by atoms with E-state index in [9.17, 15) is 4.79 Å². The third-order valence-corrected chi connectivity index (χ3v) is 4.08. The minimum Gasteiger partial charge on any atom is -0.343 e. The molecule has 3 rings (SSSR count). The number of hydrogen-bond donors (Lipinski definition) is 1. The molecule has 0 saturated heterocycles. The molecule has 1 heterocycles. The summed E-state index contributed by atoms with van der Waals surface area (Å²) in [4.78, 5) is 16.8. The SMILES string of the molecule is Cc1cc(C)cc(C(=O)NC2(c3ncon3)CCCC2)c1. The van der Waals surface area contributed by atoms with Crippen LogP contribution in [0.3, 0.4) is 0 Å². The fraction of sp³-hybridized carbons (Fsp3) is 0.438. The van der Waals surface area contributed by atoms with E-state index < -0.39 is 5.54 Å². The number of aromatic nitrogens is 2. The van der Waals surface area contributed by atoms with Gasteiger partial charge in [-0.1, -0.05) is 35.2 Å². The molecule has 1 amide bonds. The van der Waals surface area contributed by atoms with Gasteiger partial charge in [0.1, 0.15) is 5.54 Å². The van der Waals surface area contributed by atoms with E-state index >= 15 is 0 Å². The Morgan fingerprint density at radius 3 is 2.43 bits per heavy atom. The van der Waals surface area contributed by atoms with Crippen molar-refractivity contribution >= 4 is 5.91 Å². The molecule has 1 aliphatic carbocycles. The summed E-state index contributed by atoms with van der Waals surface area (Å²) in [5, 5.41) is 7.09. The second kappa shape index (κ2) is 5.31. The minimum atomic E-state index is -0.484. The van der Waals surface area contributed by atoms with Crippen LogP contribution in [0.1, 0.15) is 53.0 Å². The Labute approximate surface area is 123 Å². The van der Waals surface area contributed by atoms with E-state index in [-0.39, 0.29) is 5.91 Å². The molecule has 5 nitrogen and oxygen atoms in total. The highest BCUT2D eigenvalue weighted by Crippen LogP contribution is 2.37. The lowest BCUT2D eigenvalue weighted by molar-refractivity contribution is 0.0891. The molecule has 0 atom stereocenters. The van der Waals surface area contributed by atoms with E-state index in [1.807, 2.05) is 26.0 Å². The average molecular weight is 285 g/mol. The van der Waals surface area contributed by atoms with Crippen LogP contribution in [0, 0.1) is 13.8 Å². The highest BCUT2D eigenvalue weighted by molar-refractivity contribution is 5.95. The van der Waals surface area contributed by atoms with Crippen molar-refractivity contribution in [2.45, 2.75) is 45.1 Å². The summed E-state index contributed by atoms with van der Waals surface area (Å²) in [6.07, 6.45) is 5.13. The largest absolute Gasteiger partial charge is 0.343 e. The highest BCUT2D eigenvalue weighted by Gasteiger charge is 2.41. The Morgan fingerprint density at radius 1 is 1.19 bits per heavy atom. The van der Waals surface area contributed by atoms with Gasteiger partial charge in [-0.3, -0.25) is 4.79 Å². The number of amides is 1. The number of nitrogens with one attached hydrogen (secondary N) is 1. The molecule has 5 heteroatoms. The lowest BCUT2D eigenvalue weighted by Gasteiger charge is -2.26. The maximum absolute atomic E-state index is 12.6. The van der Waals surface area contributed by atoms with Gasteiger partial charge in [0.05, 0.1) is 0 Å². The number of hydrogen-bond acceptors (Lipinski definition) is 4. The van der Waals surface area contributed by atoms with Crippen LogP contribution in [0.5, 0.6) is 0 Å².